The SMILES string of the molecule is C/C=C\C(=C/C)c1cccc(-c2ccccc2)n1. The topological polar surface area (TPSA) is 12.9 Å². The average molecular weight is 235 g/mol. The summed E-state index contributed by atoms with van der Waals surface area (Å²) in [5.74, 6) is 0. The fraction of sp³-hybridized carbons (Fsp3) is 0.118. The molecule has 2 aromatic rings. The molecule has 0 saturated carbocycles. The largest absolute Gasteiger partial charge is 0.248 e. The van der Waals surface area contributed by atoms with Gasteiger partial charge in [-0.2, -0.15) is 0 Å². The van der Waals surface area contributed by atoms with Crippen molar-refractivity contribution in [3.8, 4) is 11.3 Å². The van der Waals surface area contributed by atoms with Gasteiger partial charge in [0.05, 0.1) is 11.4 Å². The molecule has 0 spiro atoms. The van der Waals surface area contributed by atoms with Crippen LogP contribution in [0.2, 0.25) is 0 Å². The number of hydrogen-bond acceptors (Lipinski definition) is 1. The molecule has 90 valence electrons. The van der Waals surface area contributed by atoms with E-state index in [1.807, 2.05) is 50.3 Å². The van der Waals surface area contributed by atoms with Crippen LogP contribution in [0.4, 0.5) is 0 Å². The molecular formula is C17H17N. The van der Waals surface area contributed by atoms with Gasteiger partial charge >= 0.3 is 0 Å². The Labute approximate surface area is 109 Å². The molecule has 0 aliphatic carbocycles. The second-order valence-electron chi connectivity index (χ2n) is 4.02. The summed E-state index contributed by atoms with van der Waals surface area (Å²) in [4.78, 5) is 4.71. The Balaban J connectivity index is 2.43. The summed E-state index contributed by atoms with van der Waals surface area (Å²) in [7, 11) is 0. The number of nitrogens with zero attached hydrogens (tertiary/aromatic N) is 1. The maximum absolute atomic E-state index is 4.71. The molecule has 0 fully saturated rings. The Bertz CT molecular complexity index is 565. The van der Waals surface area contributed by atoms with Crippen LogP contribution in [0.1, 0.15) is 19.5 Å². The van der Waals surface area contributed by atoms with Gasteiger partial charge in [-0.3, -0.25) is 0 Å². The van der Waals surface area contributed by atoms with Gasteiger partial charge < -0.3 is 0 Å². The molecule has 0 saturated heterocycles. The average Bonchev–Trinajstić information content (AvgIpc) is 2.46. The summed E-state index contributed by atoms with van der Waals surface area (Å²) < 4.78 is 0. The molecule has 0 bridgehead atoms. The maximum Gasteiger partial charge on any atom is 0.0709 e. The van der Waals surface area contributed by atoms with Gasteiger partial charge in [-0.1, -0.05) is 54.6 Å². The van der Waals surface area contributed by atoms with Crippen LogP contribution in [-0.4, -0.2) is 4.98 Å². The van der Waals surface area contributed by atoms with Crippen LogP contribution in [0.3, 0.4) is 0 Å². The normalized spacial score (nSPS) is 12.0. The molecule has 18 heavy (non-hydrogen) atoms. The van der Waals surface area contributed by atoms with Gasteiger partial charge in [0, 0.05) is 5.56 Å². The second kappa shape index (κ2) is 5.97. The third-order valence-electron chi connectivity index (χ3n) is 2.77. The minimum atomic E-state index is 1.01. The van der Waals surface area contributed by atoms with Gasteiger partial charge in [0.1, 0.15) is 0 Å². The summed E-state index contributed by atoms with van der Waals surface area (Å²) in [6, 6.07) is 16.4. The third-order valence-corrected chi connectivity index (χ3v) is 2.77. The van der Waals surface area contributed by atoms with Crippen LogP contribution < -0.4 is 0 Å². The minimum absolute atomic E-state index is 1.01. The number of aromatic nitrogens is 1. The van der Waals surface area contributed by atoms with Crippen LogP contribution in [0.15, 0.2) is 66.8 Å². The fourth-order valence-electron chi connectivity index (χ4n) is 1.87. The number of hydrogen-bond donors (Lipinski definition) is 0. The highest BCUT2D eigenvalue weighted by atomic mass is 14.7. The van der Waals surface area contributed by atoms with Crippen molar-refractivity contribution in [3.05, 3.63) is 72.5 Å². The zero-order valence-corrected chi connectivity index (χ0v) is 10.8. The monoisotopic (exact) mass is 235 g/mol. The molecule has 1 aromatic carbocycles. The van der Waals surface area contributed by atoms with Crippen LogP contribution in [0.25, 0.3) is 16.8 Å². The molecule has 0 aliphatic heterocycles. The van der Waals surface area contributed by atoms with Gasteiger partial charge in [0.25, 0.3) is 0 Å². The van der Waals surface area contributed by atoms with E-state index in [1.54, 1.807) is 0 Å². The first-order chi connectivity index (χ1) is 8.85. The molecule has 0 amide bonds. The van der Waals surface area contributed by atoms with E-state index in [9.17, 15) is 0 Å². The van der Waals surface area contributed by atoms with Crippen LogP contribution in [0.5, 0.6) is 0 Å². The molecule has 1 heterocycles. The molecule has 0 aliphatic rings. The highest BCUT2D eigenvalue weighted by Gasteiger charge is 2.02. The summed E-state index contributed by atoms with van der Waals surface area (Å²) in [6.45, 7) is 4.05. The summed E-state index contributed by atoms with van der Waals surface area (Å²) >= 11 is 0. The number of allylic oxidation sites excluding steroid dienone is 4. The third kappa shape index (κ3) is 2.75. The number of benzene rings is 1. The molecule has 1 heteroatoms. The maximum atomic E-state index is 4.71. The molecule has 0 atom stereocenters. The van der Waals surface area contributed by atoms with E-state index in [4.69, 9.17) is 4.98 Å². The lowest BCUT2D eigenvalue weighted by molar-refractivity contribution is 1.28. The van der Waals surface area contributed by atoms with Crippen molar-refractivity contribution >= 4 is 5.57 Å². The van der Waals surface area contributed by atoms with Crippen molar-refractivity contribution in [2.75, 3.05) is 0 Å². The molecule has 2 rings (SSSR count). The van der Waals surface area contributed by atoms with Crippen molar-refractivity contribution in [2.45, 2.75) is 13.8 Å². The number of pyridine rings is 1. The van der Waals surface area contributed by atoms with Crippen molar-refractivity contribution in [1.82, 2.24) is 4.98 Å². The van der Waals surface area contributed by atoms with Gasteiger partial charge in [0.15, 0.2) is 0 Å². The number of rotatable bonds is 3. The molecule has 0 radical (unpaired) electrons. The summed E-state index contributed by atoms with van der Waals surface area (Å²) in [6.07, 6.45) is 6.19. The van der Waals surface area contributed by atoms with E-state index >= 15 is 0 Å². The first-order valence-electron chi connectivity index (χ1n) is 6.17. The van der Waals surface area contributed by atoms with Crippen LogP contribution >= 0.6 is 0 Å². The van der Waals surface area contributed by atoms with Gasteiger partial charge in [-0.05, 0) is 31.6 Å². The van der Waals surface area contributed by atoms with Gasteiger partial charge in [0.2, 0.25) is 0 Å². The fourth-order valence-corrected chi connectivity index (χ4v) is 1.87. The highest BCUT2D eigenvalue weighted by Crippen LogP contribution is 2.20. The van der Waals surface area contributed by atoms with E-state index in [0.29, 0.717) is 0 Å². The molecule has 0 unspecified atom stereocenters. The Kier molecular flexibility index (Phi) is 4.08. The summed E-state index contributed by atoms with van der Waals surface area (Å²) in [5, 5.41) is 0. The lowest BCUT2D eigenvalue weighted by Gasteiger charge is -2.05. The van der Waals surface area contributed by atoms with Crippen LogP contribution in [-0.2, 0) is 0 Å². The van der Waals surface area contributed by atoms with Crippen molar-refractivity contribution in [2.24, 2.45) is 0 Å². The highest BCUT2D eigenvalue weighted by molar-refractivity contribution is 5.73. The van der Waals surface area contributed by atoms with Crippen molar-refractivity contribution in [1.29, 1.82) is 0 Å². The lowest BCUT2D eigenvalue weighted by atomic mass is 10.1. The second-order valence-corrected chi connectivity index (χ2v) is 4.02. The predicted octanol–water partition coefficient (Wildman–Crippen LogP) is 4.73. The summed E-state index contributed by atoms with van der Waals surface area (Å²) in [5.41, 5.74) is 4.32. The molecule has 0 N–H and O–H groups in total. The Morgan fingerprint density at radius 3 is 2.39 bits per heavy atom. The minimum Gasteiger partial charge on any atom is -0.248 e. The Morgan fingerprint density at radius 1 is 0.944 bits per heavy atom. The van der Waals surface area contributed by atoms with E-state index in [0.717, 1.165) is 22.5 Å². The van der Waals surface area contributed by atoms with E-state index in [-0.39, 0.29) is 0 Å². The standard InChI is InChI=1S/C17H17N/c1-3-9-14(4-2)16-12-8-13-17(18-16)15-10-6-5-7-11-15/h3-13H,1-2H3/b9-3-,14-4+. The van der Waals surface area contributed by atoms with Crippen molar-refractivity contribution in [3.63, 3.8) is 0 Å². The smallest absolute Gasteiger partial charge is 0.0709 e. The zero-order chi connectivity index (χ0) is 12.8. The molecule has 1 nitrogen and oxygen atoms in total. The first kappa shape index (κ1) is 12.3. The Hall–Kier alpha value is -2.15. The van der Waals surface area contributed by atoms with E-state index < -0.39 is 0 Å². The van der Waals surface area contributed by atoms with Gasteiger partial charge in [-0.15, -0.1) is 0 Å². The van der Waals surface area contributed by atoms with Gasteiger partial charge in [-0.25, -0.2) is 4.98 Å². The van der Waals surface area contributed by atoms with E-state index in [2.05, 4.69) is 30.4 Å². The molecular weight excluding hydrogens is 218 g/mol. The predicted molar refractivity (Wildman–Crippen MR) is 78.1 cm³/mol. The lowest BCUT2D eigenvalue weighted by Crippen LogP contribution is -1.90. The van der Waals surface area contributed by atoms with E-state index in [1.165, 1.54) is 0 Å². The van der Waals surface area contributed by atoms with Crippen molar-refractivity contribution < 1.29 is 0 Å². The first-order valence-corrected chi connectivity index (χ1v) is 6.17. The quantitative estimate of drug-likeness (QED) is 0.701. The zero-order valence-electron chi connectivity index (χ0n) is 10.8. The Morgan fingerprint density at radius 2 is 1.72 bits per heavy atom. The molecule has 1 aromatic heterocycles. The van der Waals surface area contributed by atoms with Crippen LogP contribution in [0, 0.1) is 0 Å².